The first-order valence-electron chi connectivity index (χ1n) is 22.5. The monoisotopic (exact) mass is 874 g/mol. The van der Waals surface area contributed by atoms with E-state index < -0.39 is 23.5 Å². The van der Waals surface area contributed by atoms with Gasteiger partial charge in [-0.15, -0.1) is 0 Å². The number of hydrogen-bond acceptors (Lipinski definition) is 4. The van der Waals surface area contributed by atoms with E-state index in [1.165, 1.54) is 61.4 Å². The number of rotatable bonds is 9. The number of nitrogens with one attached hydrogen (secondary N) is 1. The van der Waals surface area contributed by atoms with E-state index in [1.807, 2.05) is 54.6 Å². The highest BCUT2D eigenvalue weighted by molar-refractivity contribution is 5.69. The fourth-order valence-electron chi connectivity index (χ4n) is 9.74. The molecule has 334 valence electrons. The van der Waals surface area contributed by atoms with Gasteiger partial charge in [-0.25, -0.2) is 0 Å². The van der Waals surface area contributed by atoms with Crippen LogP contribution in [0, 0.1) is 0 Å². The smallest absolute Gasteiger partial charge is 0.308 e. The summed E-state index contributed by atoms with van der Waals surface area (Å²) in [6, 6.07) is 49.1. The van der Waals surface area contributed by atoms with E-state index in [2.05, 4.69) is 62.5 Å². The van der Waals surface area contributed by atoms with E-state index >= 15 is 0 Å². The lowest BCUT2D eigenvalue weighted by Crippen LogP contribution is -2.52. The van der Waals surface area contributed by atoms with E-state index in [9.17, 15) is 26.3 Å². The van der Waals surface area contributed by atoms with Crippen molar-refractivity contribution in [1.82, 2.24) is 20.0 Å². The standard InChI is InChI=1S/C30H33F3N2.C24H23F3N2/c31-30(32,33)28-14-8-7-13-27(28)24-17-15-23(16-18-24)21-34-19-20-35(26-11-5-2-6-12-26)29(22-34)25-9-3-1-4-10-25;25-24(26,27)22-9-5-4-8-21(22)19-12-10-18(11-13-19)16-29-15-14-28-23(17-29)20-6-2-1-3-7-20/h1,3-4,7-10,13-18,26,29H,2,5-6,11-12,19-22H2;1-13,23,28H,14-17H2. The minimum Gasteiger partial charge on any atom is -0.308 e. The van der Waals surface area contributed by atoms with Gasteiger partial charge in [0.1, 0.15) is 0 Å². The third-order valence-electron chi connectivity index (χ3n) is 13.0. The van der Waals surface area contributed by atoms with Gasteiger partial charge in [0.05, 0.1) is 11.1 Å². The molecule has 1 N–H and O–H groups in total. The Labute approximate surface area is 373 Å². The molecule has 9 rings (SSSR count). The highest BCUT2D eigenvalue weighted by Gasteiger charge is 2.36. The van der Waals surface area contributed by atoms with Crippen molar-refractivity contribution in [2.24, 2.45) is 0 Å². The van der Waals surface area contributed by atoms with Crippen molar-refractivity contribution < 1.29 is 26.3 Å². The number of benzene rings is 6. The molecule has 1 saturated carbocycles. The van der Waals surface area contributed by atoms with Crippen LogP contribution in [0.5, 0.6) is 0 Å². The molecule has 0 amide bonds. The molecule has 0 radical (unpaired) electrons. The Bertz CT molecular complexity index is 2360. The summed E-state index contributed by atoms with van der Waals surface area (Å²) >= 11 is 0. The third-order valence-corrected chi connectivity index (χ3v) is 13.0. The Hall–Kier alpha value is -5.26. The van der Waals surface area contributed by atoms with Crippen LogP contribution in [0.25, 0.3) is 22.3 Å². The molecule has 6 aromatic rings. The molecule has 3 aliphatic rings. The van der Waals surface area contributed by atoms with E-state index in [0.29, 0.717) is 29.3 Å². The van der Waals surface area contributed by atoms with Crippen molar-refractivity contribution in [3.8, 4) is 22.3 Å². The first kappa shape index (κ1) is 45.3. The van der Waals surface area contributed by atoms with E-state index in [1.54, 1.807) is 30.3 Å². The number of nitrogens with zero attached hydrogens (tertiary/aromatic N) is 3. The number of piperazine rings is 2. The molecule has 10 heteroatoms. The molecule has 2 aliphatic heterocycles. The van der Waals surface area contributed by atoms with Gasteiger partial charge in [0.15, 0.2) is 0 Å². The van der Waals surface area contributed by atoms with Crippen molar-refractivity contribution in [3.05, 3.63) is 191 Å². The quantitative estimate of drug-likeness (QED) is 0.146. The number of alkyl halides is 6. The van der Waals surface area contributed by atoms with E-state index in [0.717, 1.165) is 75.6 Å². The normalized spacial score (nSPS) is 19.5. The van der Waals surface area contributed by atoms with Gasteiger partial charge in [-0.3, -0.25) is 14.7 Å². The lowest BCUT2D eigenvalue weighted by Gasteiger charge is -2.46. The van der Waals surface area contributed by atoms with Gasteiger partial charge in [-0.05, 0) is 69.5 Å². The Kier molecular flexibility index (Phi) is 14.7. The Morgan fingerprint density at radius 3 is 1.45 bits per heavy atom. The molecule has 4 nitrogen and oxygen atoms in total. The topological polar surface area (TPSA) is 21.8 Å². The maximum atomic E-state index is 13.5. The Morgan fingerprint density at radius 1 is 0.469 bits per heavy atom. The molecule has 6 aromatic carbocycles. The van der Waals surface area contributed by atoms with Gasteiger partial charge in [0, 0.05) is 70.5 Å². The maximum Gasteiger partial charge on any atom is 0.417 e. The minimum absolute atomic E-state index is 0.220. The van der Waals surface area contributed by atoms with Gasteiger partial charge in [0.25, 0.3) is 0 Å². The summed E-state index contributed by atoms with van der Waals surface area (Å²) in [5.41, 5.74) is 5.35. The molecule has 64 heavy (non-hydrogen) atoms. The zero-order valence-corrected chi connectivity index (χ0v) is 36.0. The fraction of sp³-hybridized carbons (Fsp3) is 0.333. The molecule has 0 aromatic heterocycles. The molecule has 3 fully saturated rings. The van der Waals surface area contributed by atoms with Crippen molar-refractivity contribution in [2.45, 2.75) is 75.7 Å². The average Bonchev–Trinajstić information content (AvgIpc) is 3.33. The van der Waals surface area contributed by atoms with E-state index in [4.69, 9.17) is 0 Å². The van der Waals surface area contributed by atoms with Crippen LogP contribution in [-0.2, 0) is 25.4 Å². The summed E-state index contributed by atoms with van der Waals surface area (Å²) in [4.78, 5) is 7.62. The maximum absolute atomic E-state index is 13.5. The second kappa shape index (κ2) is 20.7. The van der Waals surface area contributed by atoms with Crippen molar-refractivity contribution >= 4 is 0 Å². The summed E-state index contributed by atoms with van der Waals surface area (Å²) in [7, 11) is 0. The third kappa shape index (κ3) is 11.5. The number of halogens is 6. The summed E-state index contributed by atoms with van der Waals surface area (Å²) < 4.78 is 80.2. The van der Waals surface area contributed by atoms with E-state index in [-0.39, 0.29) is 11.1 Å². The molecule has 2 unspecified atom stereocenters. The van der Waals surface area contributed by atoms with Gasteiger partial charge in [0.2, 0.25) is 0 Å². The van der Waals surface area contributed by atoms with Crippen LogP contribution < -0.4 is 5.32 Å². The number of hydrogen-bond donors (Lipinski definition) is 1. The van der Waals surface area contributed by atoms with Crippen LogP contribution in [0.1, 0.15) is 77.6 Å². The van der Waals surface area contributed by atoms with Crippen LogP contribution in [0.4, 0.5) is 26.3 Å². The first-order valence-corrected chi connectivity index (χ1v) is 22.5. The van der Waals surface area contributed by atoms with Crippen LogP contribution in [0.3, 0.4) is 0 Å². The molecule has 2 atom stereocenters. The molecule has 2 saturated heterocycles. The van der Waals surface area contributed by atoms with Gasteiger partial charge in [-0.1, -0.05) is 165 Å². The Balaban J connectivity index is 0.000000178. The highest BCUT2D eigenvalue weighted by Crippen LogP contribution is 2.39. The molecule has 0 bridgehead atoms. The fourth-order valence-corrected chi connectivity index (χ4v) is 9.74. The molecule has 0 spiro atoms. The van der Waals surface area contributed by atoms with Crippen molar-refractivity contribution in [1.29, 1.82) is 0 Å². The summed E-state index contributed by atoms with van der Waals surface area (Å²) in [5, 5.41) is 3.55. The van der Waals surface area contributed by atoms with Crippen LogP contribution in [-0.4, -0.2) is 60.0 Å². The largest absolute Gasteiger partial charge is 0.417 e. The molecule has 2 heterocycles. The lowest BCUT2D eigenvalue weighted by molar-refractivity contribution is -0.137. The van der Waals surface area contributed by atoms with Crippen molar-refractivity contribution in [2.75, 3.05) is 39.3 Å². The average molecular weight is 875 g/mol. The zero-order valence-electron chi connectivity index (χ0n) is 36.0. The molecular formula is C54H56F6N4. The van der Waals surface area contributed by atoms with Crippen LogP contribution in [0.15, 0.2) is 158 Å². The Morgan fingerprint density at radius 2 is 0.938 bits per heavy atom. The second-order valence-corrected chi connectivity index (χ2v) is 17.3. The minimum atomic E-state index is -4.36. The SMILES string of the molecule is FC(F)(F)c1ccccc1-c1ccc(CN2CCN(C3CCCCC3)C(c3ccccc3)C2)cc1.FC(F)(F)c1ccccc1-c1ccc(CN2CCNC(c3ccccc3)C2)cc1. The van der Waals surface area contributed by atoms with Gasteiger partial charge < -0.3 is 5.32 Å². The van der Waals surface area contributed by atoms with Crippen LogP contribution >= 0.6 is 0 Å². The summed E-state index contributed by atoms with van der Waals surface area (Å²) in [6.07, 6.45) is -2.11. The zero-order chi connectivity index (χ0) is 44.5. The molecular weight excluding hydrogens is 819 g/mol. The highest BCUT2D eigenvalue weighted by atomic mass is 19.4. The molecule has 1 aliphatic carbocycles. The van der Waals surface area contributed by atoms with Crippen LogP contribution in [0.2, 0.25) is 0 Å². The predicted octanol–water partition coefficient (Wildman–Crippen LogP) is 13.1. The van der Waals surface area contributed by atoms with Crippen molar-refractivity contribution in [3.63, 3.8) is 0 Å². The first-order chi connectivity index (χ1) is 31.0. The predicted molar refractivity (Wildman–Crippen MR) is 244 cm³/mol. The van der Waals surface area contributed by atoms with Gasteiger partial charge >= 0.3 is 12.4 Å². The summed E-state index contributed by atoms with van der Waals surface area (Å²) in [5.74, 6) is 0. The summed E-state index contributed by atoms with van der Waals surface area (Å²) in [6.45, 7) is 7.40. The lowest BCUT2D eigenvalue weighted by atomic mass is 9.90. The second-order valence-electron chi connectivity index (χ2n) is 17.3. The van der Waals surface area contributed by atoms with Gasteiger partial charge in [-0.2, -0.15) is 26.3 Å².